The second-order valence-corrected chi connectivity index (χ2v) is 10.3. The van der Waals surface area contributed by atoms with Crippen LogP contribution in [0.5, 0.6) is 0 Å². The molecule has 0 unspecified atom stereocenters. The maximum atomic E-state index is 12.9. The minimum Gasteiger partial charge on any atom is -0.268 e. The van der Waals surface area contributed by atoms with Gasteiger partial charge in [0.15, 0.2) is 0 Å². The van der Waals surface area contributed by atoms with Crippen LogP contribution >= 0.6 is 46.7 Å². The molecule has 3 aromatic carbocycles. The van der Waals surface area contributed by atoms with Crippen LogP contribution in [0.4, 0.5) is 10.5 Å². The molecule has 34 heavy (non-hydrogen) atoms. The summed E-state index contributed by atoms with van der Waals surface area (Å²) in [4.78, 5) is 39.2. The summed E-state index contributed by atoms with van der Waals surface area (Å²) in [5.74, 6) is -0.508. The Morgan fingerprint density at radius 2 is 1.74 bits per heavy atom. The third-order valence-electron chi connectivity index (χ3n) is 4.98. The molecular formula is C24H16Cl2N2O4S2. The monoisotopic (exact) mass is 530 g/mol. The van der Waals surface area contributed by atoms with Gasteiger partial charge in [-0.15, -0.1) is 0 Å². The van der Waals surface area contributed by atoms with Gasteiger partial charge in [-0.1, -0.05) is 64.8 Å². The Bertz CT molecular complexity index is 1320. The molecular weight excluding hydrogens is 515 g/mol. The molecule has 2 amide bonds. The molecule has 0 spiro atoms. The topological polar surface area (TPSA) is 80.5 Å². The molecule has 10 heteroatoms. The quantitative estimate of drug-likeness (QED) is 0.185. The number of rotatable bonds is 6. The van der Waals surface area contributed by atoms with Crippen molar-refractivity contribution >= 4 is 69.6 Å². The highest BCUT2D eigenvalue weighted by Crippen LogP contribution is 2.38. The Labute approximate surface area is 214 Å². The zero-order valence-electron chi connectivity index (χ0n) is 17.7. The largest absolute Gasteiger partial charge is 0.293 e. The molecule has 0 atom stereocenters. The molecule has 0 saturated carbocycles. The number of halogens is 2. The van der Waals surface area contributed by atoms with Crippen LogP contribution in [-0.4, -0.2) is 21.0 Å². The molecule has 3 aromatic rings. The number of nitro groups is 1. The molecule has 0 radical (unpaired) electrons. The van der Waals surface area contributed by atoms with Crippen molar-refractivity contribution in [3.8, 4) is 0 Å². The Balaban J connectivity index is 1.59. The lowest BCUT2D eigenvalue weighted by atomic mass is 10.1. The van der Waals surface area contributed by atoms with Crippen molar-refractivity contribution < 1.29 is 14.5 Å². The molecule has 1 aliphatic heterocycles. The van der Waals surface area contributed by atoms with Gasteiger partial charge in [-0.25, -0.2) is 0 Å². The Morgan fingerprint density at radius 1 is 1.06 bits per heavy atom. The van der Waals surface area contributed by atoms with E-state index in [9.17, 15) is 19.7 Å². The normalized spacial score (nSPS) is 14.8. The van der Waals surface area contributed by atoms with Crippen molar-refractivity contribution in [1.29, 1.82) is 0 Å². The van der Waals surface area contributed by atoms with E-state index in [1.807, 2.05) is 31.2 Å². The highest BCUT2D eigenvalue weighted by molar-refractivity contribution is 8.18. The van der Waals surface area contributed by atoms with Gasteiger partial charge in [0.25, 0.3) is 16.8 Å². The SMILES string of the molecule is Cc1ccc(Sc2ccc(C=C3SC(=O)N(Cc4c(Cl)cccc4Cl)C3=O)cc2[N+](=O)[O-])cc1. The second-order valence-electron chi connectivity index (χ2n) is 7.37. The van der Waals surface area contributed by atoms with Crippen LogP contribution in [0.2, 0.25) is 10.0 Å². The number of nitro benzene ring substituents is 1. The Morgan fingerprint density at radius 3 is 2.38 bits per heavy atom. The zero-order valence-corrected chi connectivity index (χ0v) is 20.8. The van der Waals surface area contributed by atoms with E-state index < -0.39 is 16.1 Å². The molecule has 6 nitrogen and oxygen atoms in total. The van der Waals surface area contributed by atoms with Gasteiger partial charge in [0.2, 0.25) is 0 Å². The smallest absolute Gasteiger partial charge is 0.268 e. The van der Waals surface area contributed by atoms with E-state index in [0.29, 0.717) is 26.1 Å². The number of carbonyl (C=O) groups is 2. The van der Waals surface area contributed by atoms with Crippen LogP contribution in [0, 0.1) is 17.0 Å². The number of benzene rings is 3. The van der Waals surface area contributed by atoms with Crippen molar-refractivity contribution in [2.24, 2.45) is 0 Å². The molecule has 1 saturated heterocycles. The summed E-state index contributed by atoms with van der Waals surface area (Å²) in [6, 6.07) is 17.3. The fourth-order valence-electron chi connectivity index (χ4n) is 3.22. The average molecular weight is 531 g/mol. The standard InChI is InChI=1S/C24H16Cl2N2O4S2/c1-14-5-8-16(9-6-14)33-21-10-7-15(11-20(21)28(31)32)12-22-23(29)27(24(30)34-22)13-17-18(25)3-2-4-19(17)26/h2-12H,13H2,1H3. The number of aryl methyl sites for hydroxylation is 1. The van der Waals surface area contributed by atoms with Gasteiger partial charge in [0.1, 0.15) is 0 Å². The van der Waals surface area contributed by atoms with Crippen molar-refractivity contribution in [2.45, 2.75) is 23.3 Å². The maximum Gasteiger partial charge on any atom is 0.293 e. The van der Waals surface area contributed by atoms with Gasteiger partial charge in [0.05, 0.1) is 21.3 Å². The number of hydrogen-bond donors (Lipinski definition) is 0. The lowest BCUT2D eigenvalue weighted by molar-refractivity contribution is -0.387. The summed E-state index contributed by atoms with van der Waals surface area (Å²) in [7, 11) is 0. The fourth-order valence-corrected chi connectivity index (χ4v) is 5.47. The molecule has 4 rings (SSSR count). The van der Waals surface area contributed by atoms with E-state index in [1.54, 1.807) is 30.3 Å². The van der Waals surface area contributed by atoms with E-state index in [1.165, 1.54) is 23.9 Å². The molecule has 0 aromatic heterocycles. The highest BCUT2D eigenvalue weighted by atomic mass is 35.5. The minimum atomic E-state index is -0.508. The van der Waals surface area contributed by atoms with E-state index in [4.69, 9.17) is 23.2 Å². The van der Waals surface area contributed by atoms with Crippen molar-refractivity contribution in [3.63, 3.8) is 0 Å². The Hall–Kier alpha value is -2.78. The summed E-state index contributed by atoms with van der Waals surface area (Å²) < 4.78 is 0. The zero-order chi connectivity index (χ0) is 24.4. The van der Waals surface area contributed by atoms with Crippen LogP contribution in [0.25, 0.3) is 6.08 Å². The number of imide groups is 1. The second kappa shape index (κ2) is 10.2. The lowest BCUT2D eigenvalue weighted by Gasteiger charge is -2.14. The third kappa shape index (κ3) is 5.31. The fraction of sp³-hybridized carbons (Fsp3) is 0.0833. The summed E-state index contributed by atoms with van der Waals surface area (Å²) in [5, 5.41) is 11.9. The molecule has 1 fully saturated rings. The van der Waals surface area contributed by atoms with Gasteiger partial charge in [-0.3, -0.25) is 24.6 Å². The van der Waals surface area contributed by atoms with E-state index >= 15 is 0 Å². The lowest BCUT2D eigenvalue weighted by Crippen LogP contribution is -2.27. The van der Waals surface area contributed by atoms with Gasteiger partial charge in [-0.2, -0.15) is 0 Å². The van der Waals surface area contributed by atoms with Gasteiger partial charge >= 0.3 is 0 Å². The molecule has 172 valence electrons. The number of hydrogen-bond acceptors (Lipinski definition) is 6. The number of thioether (sulfide) groups is 1. The Kier molecular flexibility index (Phi) is 7.33. The minimum absolute atomic E-state index is 0.0627. The first-order valence-corrected chi connectivity index (χ1v) is 12.3. The molecule has 0 bridgehead atoms. The first-order chi connectivity index (χ1) is 16.2. The first-order valence-electron chi connectivity index (χ1n) is 9.94. The van der Waals surface area contributed by atoms with Crippen molar-refractivity contribution in [3.05, 3.63) is 102 Å². The van der Waals surface area contributed by atoms with Crippen LogP contribution in [-0.2, 0) is 11.3 Å². The summed E-state index contributed by atoms with van der Waals surface area (Å²) >= 11 is 14.4. The third-order valence-corrected chi connectivity index (χ3v) is 7.67. The van der Waals surface area contributed by atoms with Crippen LogP contribution in [0.3, 0.4) is 0 Å². The van der Waals surface area contributed by atoms with Gasteiger partial charge < -0.3 is 0 Å². The maximum absolute atomic E-state index is 12.9. The van der Waals surface area contributed by atoms with Crippen LogP contribution in [0.1, 0.15) is 16.7 Å². The van der Waals surface area contributed by atoms with Crippen LogP contribution in [0.15, 0.2) is 75.4 Å². The molecule has 0 N–H and O–H groups in total. The van der Waals surface area contributed by atoms with Gasteiger partial charge in [0, 0.05) is 26.6 Å². The predicted molar refractivity (Wildman–Crippen MR) is 136 cm³/mol. The molecule has 0 aliphatic carbocycles. The summed E-state index contributed by atoms with van der Waals surface area (Å²) in [5.41, 5.74) is 1.94. The number of amides is 2. The number of carbonyl (C=O) groups excluding carboxylic acids is 2. The predicted octanol–water partition coefficient (Wildman–Crippen LogP) is 7.60. The van der Waals surface area contributed by atoms with Gasteiger partial charge in [-0.05, 0) is 60.7 Å². The van der Waals surface area contributed by atoms with Crippen molar-refractivity contribution in [2.75, 3.05) is 0 Å². The molecule has 1 heterocycles. The van der Waals surface area contributed by atoms with E-state index in [0.717, 1.165) is 27.1 Å². The van der Waals surface area contributed by atoms with Crippen LogP contribution < -0.4 is 0 Å². The first kappa shape index (κ1) is 24.3. The number of nitrogens with zero attached hydrogens (tertiary/aromatic N) is 2. The average Bonchev–Trinajstić information content (AvgIpc) is 3.05. The highest BCUT2D eigenvalue weighted by Gasteiger charge is 2.35. The summed E-state index contributed by atoms with van der Waals surface area (Å²) in [6.07, 6.45) is 1.48. The summed E-state index contributed by atoms with van der Waals surface area (Å²) in [6.45, 7) is 1.91. The van der Waals surface area contributed by atoms with E-state index in [2.05, 4.69) is 0 Å². The van der Waals surface area contributed by atoms with Crippen molar-refractivity contribution in [1.82, 2.24) is 4.90 Å². The van der Waals surface area contributed by atoms with E-state index in [-0.39, 0.29) is 17.1 Å². The molecule has 1 aliphatic rings.